The molecule has 38 heavy (non-hydrogen) atoms. The lowest BCUT2D eigenvalue weighted by Crippen LogP contribution is -2.48. The minimum absolute atomic E-state index is 0.0889. The Morgan fingerprint density at radius 3 is 2.39 bits per heavy atom. The number of rotatable bonds is 8. The highest BCUT2D eigenvalue weighted by Crippen LogP contribution is 2.31. The third-order valence-corrected chi connectivity index (χ3v) is 5.43. The van der Waals surface area contributed by atoms with Crippen LogP contribution in [0.3, 0.4) is 0 Å². The highest BCUT2D eigenvalue weighted by molar-refractivity contribution is 5.88. The van der Waals surface area contributed by atoms with Crippen LogP contribution in [0.1, 0.15) is 41.0 Å². The van der Waals surface area contributed by atoms with Gasteiger partial charge in [-0.05, 0) is 38.8 Å². The predicted octanol–water partition coefficient (Wildman–Crippen LogP) is 5.04. The van der Waals surface area contributed by atoms with Crippen molar-refractivity contribution in [1.82, 2.24) is 5.32 Å². The molecule has 0 spiro atoms. The van der Waals surface area contributed by atoms with Gasteiger partial charge in [0.05, 0.1) is 4.92 Å². The Morgan fingerprint density at radius 2 is 1.82 bits per heavy atom. The fourth-order valence-electron chi connectivity index (χ4n) is 3.37. The van der Waals surface area contributed by atoms with E-state index >= 15 is 0 Å². The zero-order valence-corrected chi connectivity index (χ0v) is 21.5. The molecule has 3 rings (SSSR count). The van der Waals surface area contributed by atoms with Crippen LogP contribution < -0.4 is 20.2 Å². The van der Waals surface area contributed by atoms with E-state index in [4.69, 9.17) is 18.6 Å². The van der Waals surface area contributed by atoms with Crippen molar-refractivity contribution in [2.45, 2.75) is 52.7 Å². The van der Waals surface area contributed by atoms with Crippen molar-refractivity contribution in [2.24, 2.45) is 5.92 Å². The summed E-state index contributed by atoms with van der Waals surface area (Å²) >= 11 is 0. The molecule has 0 fully saturated rings. The number of phenolic OH excluding ortho intramolecular Hbond substituents is 1. The molecule has 0 aliphatic heterocycles. The van der Waals surface area contributed by atoms with Crippen LogP contribution in [0.4, 0.5) is 10.5 Å². The van der Waals surface area contributed by atoms with Gasteiger partial charge >= 0.3 is 12.1 Å². The number of amides is 1. The molecule has 2 atom stereocenters. The maximum atomic E-state index is 12.9. The smallest absolute Gasteiger partial charge is 0.408 e. The van der Waals surface area contributed by atoms with Crippen molar-refractivity contribution in [3.05, 3.63) is 63.0 Å². The van der Waals surface area contributed by atoms with Crippen LogP contribution in [0, 0.1) is 16.0 Å². The van der Waals surface area contributed by atoms with Crippen molar-refractivity contribution >= 4 is 28.7 Å². The zero-order valence-electron chi connectivity index (χ0n) is 21.5. The van der Waals surface area contributed by atoms with Gasteiger partial charge in [0.1, 0.15) is 46.1 Å². The molecule has 12 nitrogen and oxygen atoms in total. The van der Waals surface area contributed by atoms with Crippen LogP contribution in [-0.2, 0) is 9.53 Å². The van der Waals surface area contributed by atoms with Gasteiger partial charge in [-0.2, -0.15) is 0 Å². The summed E-state index contributed by atoms with van der Waals surface area (Å²) in [5.74, 6) is -1.89. The lowest BCUT2D eigenvalue weighted by Gasteiger charge is -2.25. The van der Waals surface area contributed by atoms with E-state index in [9.17, 15) is 29.6 Å². The molecule has 1 amide bonds. The summed E-state index contributed by atoms with van der Waals surface area (Å²) in [5.41, 5.74) is -1.73. The Kier molecular flexibility index (Phi) is 8.24. The van der Waals surface area contributed by atoms with Gasteiger partial charge in [0.2, 0.25) is 11.2 Å². The minimum Gasteiger partial charge on any atom is -0.507 e. The van der Waals surface area contributed by atoms with E-state index in [1.165, 1.54) is 30.3 Å². The summed E-state index contributed by atoms with van der Waals surface area (Å²) in [6.07, 6.45) is 0.765. The normalized spacial score (nSPS) is 12.9. The van der Waals surface area contributed by atoms with Gasteiger partial charge in [-0.3, -0.25) is 14.9 Å². The number of benzene rings is 2. The van der Waals surface area contributed by atoms with E-state index in [0.717, 1.165) is 12.3 Å². The molecule has 2 aromatic carbocycles. The van der Waals surface area contributed by atoms with Gasteiger partial charge in [0.15, 0.2) is 0 Å². The van der Waals surface area contributed by atoms with Crippen LogP contribution in [0.25, 0.3) is 11.0 Å². The molecule has 0 radical (unpaired) electrons. The number of hydrogen-bond acceptors (Lipinski definition) is 10. The SMILES string of the molecule is CC[C@@H](C)[C@H](NC(=O)OC(C)(C)C)C(=O)Oc1cc(O)c2c(=O)c(Oc3ccc([N+](=O)[O-])cc3)coc2c1. The van der Waals surface area contributed by atoms with Crippen LogP contribution in [-0.4, -0.2) is 33.7 Å². The second kappa shape index (κ2) is 11.2. The van der Waals surface area contributed by atoms with Gasteiger partial charge in [-0.15, -0.1) is 0 Å². The van der Waals surface area contributed by atoms with Crippen molar-refractivity contribution in [1.29, 1.82) is 0 Å². The van der Waals surface area contributed by atoms with Gasteiger partial charge in [0.25, 0.3) is 5.69 Å². The number of fused-ring (bicyclic) bond motifs is 1. The first kappa shape index (κ1) is 28.0. The molecule has 0 aliphatic rings. The summed E-state index contributed by atoms with van der Waals surface area (Å²) in [4.78, 5) is 48.3. The average Bonchev–Trinajstić information content (AvgIpc) is 2.82. The Morgan fingerprint density at radius 1 is 1.16 bits per heavy atom. The second-order valence-electron chi connectivity index (χ2n) is 9.53. The molecular weight excluding hydrogens is 500 g/mol. The number of alkyl carbamates (subject to hydrolysis) is 1. The van der Waals surface area contributed by atoms with E-state index in [1.807, 2.05) is 6.92 Å². The highest BCUT2D eigenvalue weighted by Gasteiger charge is 2.30. The summed E-state index contributed by atoms with van der Waals surface area (Å²) in [5, 5.41) is 23.6. The molecule has 12 heteroatoms. The number of carbonyl (C=O) groups excluding carboxylic acids is 2. The topological polar surface area (TPSA) is 167 Å². The number of ether oxygens (including phenoxy) is 3. The third kappa shape index (κ3) is 6.78. The number of phenols is 1. The number of nitrogens with one attached hydrogen (secondary N) is 1. The van der Waals surface area contributed by atoms with Crippen LogP contribution in [0.15, 0.2) is 51.9 Å². The fourth-order valence-corrected chi connectivity index (χ4v) is 3.37. The summed E-state index contributed by atoms with van der Waals surface area (Å²) in [6.45, 7) is 8.67. The average molecular weight is 529 g/mol. The molecule has 0 saturated carbocycles. The number of non-ortho nitro benzene ring substituents is 1. The number of aromatic hydroxyl groups is 1. The van der Waals surface area contributed by atoms with Gasteiger partial charge < -0.3 is 29.1 Å². The number of nitro benzene ring substituents is 1. The first-order chi connectivity index (χ1) is 17.8. The molecule has 3 aromatic rings. The molecule has 1 heterocycles. The lowest BCUT2D eigenvalue weighted by atomic mass is 9.99. The largest absolute Gasteiger partial charge is 0.507 e. The van der Waals surface area contributed by atoms with Crippen LogP contribution in [0.2, 0.25) is 0 Å². The Hall–Kier alpha value is -4.61. The van der Waals surface area contributed by atoms with E-state index in [1.54, 1.807) is 27.7 Å². The van der Waals surface area contributed by atoms with Gasteiger partial charge in [-0.25, -0.2) is 9.59 Å². The van der Waals surface area contributed by atoms with E-state index < -0.39 is 39.8 Å². The number of esters is 1. The van der Waals surface area contributed by atoms with Crippen molar-refractivity contribution in [3.8, 4) is 23.0 Å². The maximum Gasteiger partial charge on any atom is 0.408 e. The minimum atomic E-state index is -1.04. The monoisotopic (exact) mass is 528 g/mol. The first-order valence-corrected chi connectivity index (χ1v) is 11.7. The molecule has 0 saturated heterocycles. The Labute approximate surface area is 217 Å². The number of nitrogens with zero attached hydrogens (tertiary/aromatic N) is 1. The molecule has 1 aromatic heterocycles. The van der Waals surface area contributed by atoms with E-state index in [2.05, 4.69) is 5.32 Å². The Bertz CT molecular complexity index is 1410. The van der Waals surface area contributed by atoms with Crippen molar-refractivity contribution in [3.63, 3.8) is 0 Å². The third-order valence-electron chi connectivity index (χ3n) is 5.43. The molecule has 0 bridgehead atoms. The number of carbonyl (C=O) groups is 2. The molecule has 202 valence electrons. The standard InChI is InChI=1S/C26H28N2O10/c1-6-14(2)22(27-25(32)38-26(3,4)5)24(31)37-17-11-18(29)21-19(12-17)35-13-20(23(21)30)36-16-9-7-15(8-10-16)28(33)34/h7-14,22,29H,6H2,1-5H3,(H,27,32)/t14-,22+/m1/s1. The quantitative estimate of drug-likeness (QED) is 0.175. The Balaban J connectivity index is 1.84. The number of hydrogen-bond donors (Lipinski definition) is 2. The van der Waals surface area contributed by atoms with Gasteiger partial charge in [0, 0.05) is 24.3 Å². The maximum absolute atomic E-state index is 12.9. The summed E-state index contributed by atoms with van der Waals surface area (Å²) in [6, 6.07) is 6.30. The van der Waals surface area contributed by atoms with Crippen LogP contribution in [0.5, 0.6) is 23.0 Å². The predicted molar refractivity (Wildman–Crippen MR) is 136 cm³/mol. The summed E-state index contributed by atoms with van der Waals surface area (Å²) < 4.78 is 21.5. The fraction of sp³-hybridized carbons (Fsp3) is 0.346. The molecule has 0 aliphatic carbocycles. The lowest BCUT2D eigenvalue weighted by molar-refractivity contribution is -0.384. The zero-order chi connectivity index (χ0) is 28.2. The van der Waals surface area contributed by atoms with Crippen molar-refractivity contribution < 1.29 is 38.2 Å². The summed E-state index contributed by atoms with van der Waals surface area (Å²) in [7, 11) is 0. The molecular formula is C26H28N2O10. The highest BCUT2D eigenvalue weighted by atomic mass is 16.6. The molecule has 0 unspecified atom stereocenters. The van der Waals surface area contributed by atoms with Crippen molar-refractivity contribution in [2.75, 3.05) is 0 Å². The second-order valence-corrected chi connectivity index (χ2v) is 9.53. The number of nitro groups is 1. The molecule has 2 N–H and O–H groups in total. The van der Waals surface area contributed by atoms with E-state index in [-0.39, 0.29) is 39.8 Å². The van der Waals surface area contributed by atoms with Crippen LogP contribution >= 0.6 is 0 Å². The first-order valence-electron chi connectivity index (χ1n) is 11.7. The van der Waals surface area contributed by atoms with Gasteiger partial charge in [-0.1, -0.05) is 20.3 Å². The van der Waals surface area contributed by atoms with E-state index in [0.29, 0.717) is 6.42 Å².